The van der Waals surface area contributed by atoms with Gasteiger partial charge in [-0.15, -0.1) is 0 Å². The summed E-state index contributed by atoms with van der Waals surface area (Å²) < 4.78 is 5.45. The summed E-state index contributed by atoms with van der Waals surface area (Å²) >= 11 is 1.73. The van der Waals surface area contributed by atoms with Crippen LogP contribution in [-0.2, 0) is 17.6 Å². The van der Waals surface area contributed by atoms with Crippen LogP contribution in [0, 0.1) is 6.92 Å². The monoisotopic (exact) mass is 418 g/mol. The summed E-state index contributed by atoms with van der Waals surface area (Å²) in [7, 11) is 0. The third kappa shape index (κ3) is 4.30. The van der Waals surface area contributed by atoms with Gasteiger partial charge in [-0.3, -0.25) is 0 Å². The number of nitrogens with zero attached hydrogens (tertiary/aromatic N) is 3. The van der Waals surface area contributed by atoms with Crippen LogP contribution in [0.25, 0.3) is 0 Å². The predicted octanol–water partition coefficient (Wildman–Crippen LogP) is 4.33. The lowest BCUT2D eigenvalue weighted by atomic mass is 10.1. The number of ether oxygens (including phenoxy) is 1. The van der Waals surface area contributed by atoms with E-state index in [4.69, 9.17) is 9.72 Å². The SMILES string of the molecule is Cc1cnc(Cc2ccc(N3CCOCC3)cc2)nc1Sc1ccc2c(c1)CCN2. The lowest BCUT2D eigenvalue weighted by Gasteiger charge is -2.28. The van der Waals surface area contributed by atoms with Crippen LogP contribution in [0.1, 0.15) is 22.5 Å². The van der Waals surface area contributed by atoms with Crippen molar-refractivity contribution in [3.8, 4) is 0 Å². The van der Waals surface area contributed by atoms with E-state index in [0.717, 1.165) is 62.1 Å². The summed E-state index contributed by atoms with van der Waals surface area (Å²) in [6.07, 6.45) is 3.78. The summed E-state index contributed by atoms with van der Waals surface area (Å²) in [6, 6.07) is 15.4. The van der Waals surface area contributed by atoms with Crippen LogP contribution in [0.5, 0.6) is 0 Å². The van der Waals surface area contributed by atoms with Gasteiger partial charge in [0.05, 0.1) is 13.2 Å². The average molecular weight is 419 g/mol. The molecule has 6 heteroatoms. The smallest absolute Gasteiger partial charge is 0.133 e. The molecule has 2 aliphatic rings. The lowest BCUT2D eigenvalue weighted by molar-refractivity contribution is 0.122. The Kier molecular flexibility index (Phi) is 5.60. The number of aromatic nitrogens is 2. The zero-order chi connectivity index (χ0) is 20.3. The molecule has 0 saturated carbocycles. The van der Waals surface area contributed by atoms with Crippen molar-refractivity contribution in [1.29, 1.82) is 0 Å². The molecule has 1 fully saturated rings. The van der Waals surface area contributed by atoms with E-state index in [-0.39, 0.29) is 0 Å². The molecule has 0 atom stereocenters. The molecule has 5 rings (SSSR count). The second-order valence-electron chi connectivity index (χ2n) is 7.81. The second-order valence-corrected chi connectivity index (χ2v) is 8.88. The van der Waals surface area contributed by atoms with E-state index in [2.05, 4.69) is 64.6 Å². The number of fused-ring (bicyclic) bond motifs is 1. The molecule has 154 valence electrons. The minimum Gasteiger partial charge on any atom is -0.384 e. The highest BCUT2D eigenvalue weighted by Crippen LogP contribution is 2.33. The van der Waals surface area contributed by atoms with Gasteiger partial charge in [0.1, 0.15) is 10.9 Å². The van der Waals surface area contributed by atoms with E-state index in [9.17, 15) is 0 Å². The predicted molar refractivity (Wildman–Crippen MR) is 122 cm³/mol. The Morgan fingerprint density at radius 1 is 1.10 bits per heavy atom. The second kappa shape index (κ2) is 8.66. The van der Waals surface area contributed by atoms with E-state index in [0.29, 0.717) is 0 Å². The minimum absolute atomic E-state index is 0.741. The van der Waals surface area contributed by atoms with E-state index >= 15 is 0 Å². The van der Waals surface area contributed by atoms with Crippen LogP contribution in [0.15, 0.2) is 58.6 Å². The Labute approximate surface area is 181 Å². The standard InChI is InChI=1S/C24H26N4OS/c1-17-16-26-23(14-18-2-4-20(5-3-18)28-10-12-29-13-11-28)27-24(17)30-21-6-7-22-19(15-21)8-9-25-22/h2-7,15-16,25H,8-14H2,1H3. The van der Waals surface area contributed by atoms with Gasteiger partial charge in [0.25, 0.3) is 0 Å². The van der Waals surface area contributed by atoms with Crippen molar-refractivity contribution in [3.05, 3.63) is 71.2 Å². The molecule has 0 aliphatic carbocycles. The molecule has 3 heterocycles. The molecular weight excluding hydrogens is 392 g/mol. The molecule has 5 nitrogen and oxygen atoms in total. The fourth-order valence-electron chi connectivity index (χ4n) is 3.93. The Morgan fingerprint density at radius 3 is 2.77 bits per heavy atom. The quantitative estimate of drug-likeness (QED) is 0.623. The van der Waals surface area contributed by atoms with Gasteiger partial charge in [-0.25, -0.2) is 9.97 Å². The number of anilines is 2. The molecule has 2 aromatic carbocycles. The molecule has 1 N–H and O–H groups in total. The van der Waals surface area contributed by atoms with Gasteiger partial charge in [-0.2, -0.15) is 0 Å². The van der Waals surface area contributed by atoms with Gasteiger partial charge >= 0.3 is 0 Å². The lowest BCUT2D eigenvalue weighted by Crippen LogP contribution is -2.36. The van der Waals surface area contributed by atoms with E-state index in [1.165, 1.54) is 27.4 Å². The van der Waals surface area contributed by atoms with E-state index in [1.54, 1.807) is 11.8 Å². The van der Waals surface area contributed by atoms with Crippen molar-refractivity contribution in [2.75, 3.05) is 43.1 Å². The first-order valence-corrected chi connectivity index (χ1v) is 11.3. The minimum atomic E-state index is 0.741. The summed E-state index contributed by atoms with van der Waals surface area (Å²) in [4.78, 5) is 13.1. The summed E-state index contributed by atoms with van der Waals surface area (Å²) in [5.74, 6) is 0.866. The average Bonchev–Trinajstić information content (AvgIpc) is 3.25. The maximum atomic E-state index is 5.45. The fraction of sp³-hybridized carbons (Fsp3) is 0.333. The Hall–Kier alpha value is -2.57. The van der Waals surface area contributed by atoms with Gasteiger partial charge < -0.3 is 15.0 Å². The molecule has 3 aromatic rings. The van der Waals surface area contributed by atoms with Crippen molar-refractivity contribution >= 4 is 23.1 Å². The Balaban J connectivity index is 1.29. The summed E-state index contributed by atoms with van der Waals surface area (Å²) in [5.41, 5.74) is 6.27. The van der Waals surface area contributed by atoms with Crippen LogP contribution < -0.4 is 10.2 Å². The number of morpholine rings is 1. The zero-order valence-corrected chi connectivity index (χ0v) is 18.0. The highest BCUT2D eigenvalue weighted by Gasteiger charge is 2.13. The molecule has 0 amide bonds. The topological polar surface area (TPSA) is 50.3 Å². The zero-order valence-electron chi connectivity index (χ0n) is 17.2. The van der Waals surface area contributed by atoms with Crippen molar-refractivity contribution in [3.63, 3.8) is 0 Å². The van der Waals surface area contributed by atoms with E-state index in [1.807, 2.05) is 6.20 Å². The first-order valence-electron chi connectivity index (χ1n) is 10.5. The molecule has 0 bridgehead atoms. The van der Waals surface area contributed by atoms with Crippen molar-refractivity contribution in [2.24, 2.45) is 0 Å². The van der Waals surface area contributed by atoms with Gasteiger partial charge in [0, 0.05) is 48.5 Å². The van der Waals surface area contributed by atoms with Gasteiger partial charge in [-0.05, 0) is 60.4 Å². The van der Waals surface area contributed by atoms with Gasteiger partial charge in [0.2, 0.25) is 0 Å². The highest BCUT2D eigenvalue weighted by molar-refractivity contribution is 7.99. The third-order valence-corrected chi connectivity index (χ3v) is 6.75. The first-order chi connectivity index (χ1) is 14.7. The Bertz CT molecular complexity index is 1030. The maximum Gasteiger partial charge on any atom is 0.133 e. The van der Waals surface area contributed by atoms with Gasteiger partial charge in [-0.1, -0.05) is 23.9 Å². The molecule has 30 heavy (non-hydrogen) atoms. The summed E-state index contributed by atoms with van der Waals surface area (Å²) in [6.45, 7) is 6.64. The third-order valence-electron chi connectivity index (χ3n) is 5.65. The molecule has 0 unspecified atom stereocenters. The molecular formula is C24H26N4OS. The molecule has 1 aromatic heterocycles. The summed E-state index contributed by atoms with van der Waals surface area (Å²) in [5, 5.41) is 4.46. The van der Waals surface area contributed by atoms with Crippen molar-refractivity contribution in [2.45, 2.75) is 29.7 Å². The van der Waals surface area contributed by atoms with E-state index < -0.39 is 0 Å². The number of aryl methyl sites for hydroxylation is 1. The van der Waals surface area contributed by atoms with Crippen LogP contribution in [0.2, 0.25) is 0 Å². The maximum absolute atomic E-state index is 5.45. The molecule has 0 radical (unpaired) electrons. The first kappa shape index (κ1) is 19.4. The number of hydrogen-bond donors (Lipinski definition) is 1. The number of nitrogens with one attached hydrogen (secondary N) is 1. The van der Waals surface area contributed by atoms with Crippen LogP contribution in [0.3, 0.4) is 0 Å². The number of rotatable bonds is 5. The highest BCUT2D eigenvalue weighted by atomic mass is 32.2. The number of benzene rings is 2. The van der Waals surface area contributed by atoms with Crippen LogP contribution in [0.4, 0.5) is 11.4 Å². The largest absolute Gasteiger partial charge is 0.384 e. The molecule has 0 spiro atoms. The molecule has 2 aliphatic heterocycles. The normalized spacial score (nSPS) is 15.7. The number of hydrogen-bond acceptors (Lipinski definition) is 6. The van der Waals surface area contributed by atoms with Crippen molar-refractivity contribution in [1.82, 2.24) is 9.97 Å². The van der Waals surface area contributed by atoms with Crippen LogP contribution in [-0.4, -0.2) is 42.8 Å². The van der Waals surface area contributed by atoms with Gasteiger partial charge in [0.15, 0.2) is 0 Å². The fourth-order valence-corrected chi connectivity index (χ4v) is 4.86. The molecule has 1 saturated heterocycles. The Morgan fingerprint density at radius 2 is 1.93 bits per heavy atom. The van der Waals surface area contributed by atoms with Crippen molar-refractivity contribution < 1.29 is 4.74 Å². The van der Waals surface area contributed by atoms with Crippen LogP contribution >= 0.6 is 11.8 Å².